The molecule has 7 aromatic rings. The molecule has 1 amide bonds. The number of nitrogens with zero attached hydrogens (tertiary/aromatic N) is 2. The predicted octanol–water partition coefficient (Wildman–Crippen LogP) is 8.61. The van der Waals surface area contributed by atoms with Crippen LogP contribution < -0.4 is 16.2 Å². The molecule has 1 aliphatic heterocycles. The SMILES string of the molecule is CC(Oc1ncc(CCCN)o1)c1cccc2c(-c3ccc(CS(C)(=O)=O)c(F)c3)c(C(=O)O)[nH]c12.CC(c1cccc2c(-c3ccc(CS(C)(=O)=O)c(F)c3)c(C(=O)O)[nH]c12)N1CC2(CCC(N)CC2)OC1=O. The molecular formula is C52H56F2N6O12S2. The molecule has 4 aromatic carbocycles. The number of carbonyl (C=O) groups excluding carboxylic acids is 1. The largest absolute Gasteiger partial charge is 0.477 e. The van der Waals surface area contributed by atoms with Gasteiger partial charge < -0.3 is 45.5 Å². The number of oxazole rings is 1. The number of fused-ring (bicyclic) bond motifs is 2. The number of carboxylic acids is 2. The van der Waals surface area contributed by atoms with Gasteiger partial charge in [0, 0.05) is 63.6 Å². The third kappa shape index (κ3) is 11.5. The summed E-state index contributed by atoms with van der Waals surface area (Å²) in [4.78, 5) is 49.0. The smallest absolute Gasteiger partial charge is 0.411 e. The molecule has 22 heteroatoms. The number of hydrogen-bond acceptors (Lipinski definition) is 13. The lowest BCUT2D eigenvalue weighted by molar-refractivity contribution is 0.0218. The van der Waals surface area contributed by atoms with Crippen LogP contribution in [0.2, 0.25) is 0 Å². The Morgan fingerprint density at radius 3 is 1.84 bits per heavy atom. The zero-order valence-electron chi connectivity index (χ0n) is 40.9. The van der Waals surface area contributed by atoms with E-state index in [-0.39, 0.29) is 45.8 Å². The molecule has 392 valence electrons. The average molecular weight is 1060 g/mol. The third-order valence-electron chi connectivity index (χ3n) is 13.4. The molecule has 9 rings (SSSR count). The molecule has 1 saturated heterocycles. The number of H-pyrrole nitrogens is 2. The van der Waals surface area contributed by atoms with Crippen LogP contribution in [0.25, 0.3) is 44.1 Å². The summed E-state index contributed by atoms with van der Waals surface area (Å²) in [6, 6.07) is 18.3. The van der Waals surface area contributed by atoms with E-state index in [0.717, 1.165) is 43.9 Å². The number of hydrogen-bond donors (Lipinski definition) is 6. The number of para-hydroxylation sites is 2. The molecule has 2 fully saturated rings. The number of amides is 1. The topological polar surface area (TPSA) is 291 Å². The van der Waals surface area contributed by atoms with Crippen molar-refractivity contribution < 1.29 is 64.1 Å². The molecule has 8 N–H and O–H groups in total. The number of carboxylic acid groups (broad SMARTS) is 2. The van der Waals surface area contributed by atoms with E-state index >= 15 is 0 Å². The standard InChI is InChI=1S/C27H30FN3O6S.C25H26FN3O6S/c1-15(31-14-27(37-26(31)34)10-8-18(29)9-11-27)19-4-3-5-20-22(24(25(32)33)30-23(19)20)16-6-7-17(21(28)12-16)13-38(2,35)36;1-14(34-25-28-12-17(35-25)5-4-10-27)18-6-3-7-19-21(23(24(30)31)29-22(18)19)15-8-9-16(20(26)11-15)13-36(2,32)33/h3-7,12,15,18,30H,8-11,13-14,29H2,1-2H3,(H,32,33);3,6-9,11-12,14,29H,4-5,10,13,27H2,1-2H3,(H,30,31). The van der Waals surface area contributed by atoms with Crippen LogP contribution in [0, 0.1) is 11.6 Å². The fourth-order valence-corrected chi connectivity index (χ4v) is 11.4. The Labute approximate surface area is 424 Å². The molecule has 1 spiro atoms. The van der Waals surface area contributed by atoms with Crippen molar-refractivity contribution in [1.29, 1.82) is 0 Å². The number of ether oxygens (including phenoxy) is 2. The monoisotopic (exact) mass is 1060 g/mol. The van der Waals surface area contributed by atoms with Crippen LogP contribution in [0.4, 0.5) is 13.6 Å². The summed E-state index contributed by atoms with van der Waals surface area (Å²) in [6.07, 6.45) is 7.08. The summed E-state index contributed by atoms with van der Waals surface area (Å²) in [5.41, 5.74) is 14.3. The average Bonchev–Trinajstić information content (AvgIpc) is 4.13. The summed E-state index contributed by atoms with van der Waals surface area (Å²) >= 11 is 0. The van der Waals surface area contributed by atoms with Gasteiger partial charge in [-0.3, -0.25) is 4.90 Å². The predicted molar refractivity (Wildman–Crippen MR) is 272 cm³/mol. The first kappa shape index (κ1) is 53.2. The maximum absolute atomic E-state index is 14.9. The second-order valence-electron chi connectivity index (χ2n) is 19.1. The first-order valence-electron chi connectivity index (χ1n) is 23.7. The second-order valence-corrected chi connectivity index (χ2v) is 23.4. The molecule has 0 bridgehead atoms. The van der Waals surface area contributed by atoms with Crippen molar-refractivity contribution in [3.63, 3.8) is 0 Å². The van der Waals surface area contributed by atoms with E-state index in [1.165, 1.54) is 24.3 Å². The highest BCUT2D eigenvalue weighted by atomic mass is 32.2. The van der Waals surface area contributed by atoms with Crippen LogP contribution in [0.15, 0.2) is 83.4 Å². The first-order valence-corrected chi connectivity index (χ1v) is 27.8. The van der Waals surface area contributed by atoms with Crippen LogP contribution in [0.5, 0.6) is 6.08 Å². The zero-order valence-corrected chi connectivity index (χ0v) is 42.5. The van der Waals surface area contributed by atoms with Gasteiger partial charge >= 0.3 is 24.1 Å². The Kier molecular flexibility index (Phi) is 15.1. The van der Waals surface area contributed by atoms with Gasteiger partial charge in [0.2, 0.25) is 0 Å². The van der Waals surface area contributed by atoms with E-state index < -0.39 is 78.6 Å². The number of aromatic nitrogens is 3. The minimum atomic E-state index is -3.45. The fraction of sp³-hybridized carbons (Fsp3) is 0.346. The first-order chi connectivity index (χ1) is 34.9. The van der Waals surface area contributed by atoms with Crippen LogP contribution in [0.3, 0.4) is 0 Å². The number of rotatable bonds is 16. The van der Waals surface area contributed by atoms with Crippen molar-refractivity contribution in [3.05, 3.63) is 130 Å². The van der Waals surface area contributed by atoms with Crippen molar-refractivity contribution in [2.75, 3.05) is 25.6 Å². The molecule has 2 aliphatic rings. The van der Waals surface area contributed by atoms with Crippen LogP contribution >= 0.6 is 0 Å². The lowest BCUT2D eigenvalue weighted by Crippen LogP contribution is -2.42. The van der Waals surface area contributed by atoms with Gasteiger partial charge in [-0.25, -0.2) is 40.0 Å². The zero-order chi connectivity index (χ0) is 53.4. The van der Waals surface area contributed by atoms with Gasteiger partial charge in [-0.2, -0.15) is 4.98 Å². The number of aryl methyl sites for hydroxylation is 1. The third-order valence-corrected chi connectivity index (χ3v) is 15.1. The summed E-state index contributed by atoms with van der Waals surface area (Å²) in [6.45, 7) is 4.59. The summed E-state index contributed by atoms with van der Waals surface area (Å²) in [7, 11) is -6.89. The Bertz CT molecular complexity index is 3530. The van der Waals surface area contributed by atoms with Crippen LogP contribution in [-0.2, 0) is 42.3 Å². The van der Waals surface area contributed by atoms with E-state index in [1.807, 2.05) is 13.0 Å². The Morgan fingerprint density at radius 2 is 1.35 bits per heavy atom. The van der Waals surface area contributed by atoms with Gasteiger partial charge in [0.05, 0.1) is 41.3 Å². The highest BCUT2D eigenvalue weighted by molar-refractivity contribution is 7.90. The van der Waals surface area contributed by atoms with Gasteiger partial charge in [0.1, 0.15) is 40.5 Å². The fourth-order valence-electron chi connectivity index (χ4n) is 9.78. The van der Waals surface area contributed by atoms with Gasteiger partial charge in [-0.15, -0.1) is 0 Å². The Morgan fingerprint density at radius 1 is 0.838 bits per heavy atom. The van der Waals surface area contributed by atoms with E-state index in [4.69, 9.17) is 25.4 Å². The summed E-state index contributed by atoms with van der Waals surface area (Å²) < 4.78 is 93.4. The number of benzene rings is 4. The van der Waals surface area contributed by atoms with Gasteiger partial charge in [0.25, 0.3) is 0 Å². The highest BCUT2D eigenvalue weighted by Gasteiger charge is 2.48. The van der Waals surface area contributed by atoms with Crippen molar-refractivity contribution >= 4 is 59.5 Å². The van der Waals surface area contributed by atoms with E-state index in [1.54, 1.807) is 48.4 Å². The highest BCUT2D eigenvalue weighted by Crippen LogP contribution is 2.43. The minimum Gasteiger partial charge on any atom is -0.477 e. The quantitative estimate of drug-likeness (QED) is 0.0528. The number of carbonyl (C=O) groups is 3. The van der Waals surface area contributed by atoms with Crippen molar-refractivity contribution in [2.45, 2.75) is 87.7 Å². The van der Waals surface area contributed by atoms with E-state index in [0.29, 0.717) is 82.2 Å². The molecule has 18 nitrogen and oxygen atoms in total. The van der Waals surface area contributed by atoms with Gasteiger partial charge in [0.15, 0.2) is 19.7 Å². The second kappa shape index (κ2) is 21.0. The Hall–Kier alpha value is -7.14. The maximum atomic E-state index is 14.9. The van der Waals surface area contributed by atoms with Crippen molar-refractivity contribution in [1.82, 2.24) is 19.9 Å². The number of sulfone groups is 2. The van der Waals surface area contributed by atoms with E-state index in [9.17, 15) is 50.2 Å². The molecular weight excluding hydrogens is 1000 g/mol. The normalized spacial score (nSPS) is 17.8. The van der Waals surface area contributed by atoms with Crippen LogP contribution in [0.1, 0.15) is 107 Å². The summed E-state index contributed by atoms with van der Waals surface area (Å²) in [5.74, 6) is -4.18. The number of aromatic carboxylic acids is 2. The number of nitrogens with one attached hydrogen (secondary N) is 2. The molecule has 4 heterocycles. The van der Waals surface area contributed by atoms with Gasteiger partial charge in [-0.1, -0.05) is 60.7 Å². The molecule has 2 unspecified atom stereocenters. The summed E-state index contributed by atoms with van der Waals surface area (Å²) in [5, 5.41) is 20.9. The molecule has 1 saturated carbocycles. The molecule has 0 radical (unpaired) electrons. The van der Waals surface area contributed by atoms with Crippen molar-refractivity contribution in [3.8, 4) is 28.3 Å². The molecule has 74 heavy (non-hydrogen) atoms. The minimum absolute atomic E-state index is 0.00687. The van der Waals surface area contributed by atoms with E-state index in [2.05, 4.69) is 15.0 Å². The van der Waals surface area contributed by atoms with Crippen LogP contribution in [-0.4, -0.2) is 102 Å². The number of nitrogens with two attached hydrogens (primary N) is 2. The molecule has 3 aromatic heterocycles. The number of halogens is 2. The molecule has 2 atom stereocenters. The van der Waals surface area contributed by atoms with Crippen molar-refractivity contribution in [2.24, 2.45) is 11.5 Å². The molecule has 1 aliphatic carbocycles. The maximum Gasteiger partial charge on any atom is 0.411 e. The lowest BCUT2D eigenvalue weighted by atomic mass is 9.82. The number of aromatic amines is 2. The van der Waals surface area contributed by atoms with Gasteiger partial charge in [-0.05, 0) is 81.3 Å². The Balaban J connectivity index is 0.000000197. The lowest BCUT2D eigenvalue weighted by Gasteiger charge is -2.34.